The summed E-state index contributed by atoms with van der Waals surface area (Å²) in [6, 6.07) is 18.6. The Bertz CT molecular complexity index is 821. The van der Waals surface area contributed by atoms with Gasteiger partial charge in [0, 0.05) is 6.54 Å². The Balaban J connectivity index is 2.00. The number of aryl methyl sites for hydroxylation is 1. The maximum atomic E-state index is 13.3. The number of rotatable bonds is 4. The molecule has 0 saturated carbocycles. The number of methoxy groups -OCH3 is 1. The number of fused-ring (bicyclic) bond motifs is 3. The van der Waals surface area contributed by atoms with E-state index in [-0.39, 0.29) is 12.1 Å². The first-order chi connectivity index (χ1) is 13.2. The van der Waals surface area contributed by atoms with Gasteiger partial charge >= 0.3 is 5.97 Å². The van der Waals surface area contributed by atoms with Crippen molar-refractivity contribution in [2.24, 2.45) is 5.41 Å². The molecule has 1 saturated heterocycles. The van der Waals surface area contributed by atoms with Gasteiger partial charge in [-0.05, 0) is 49.4 Å². The molecule has 0 spiro atoms. The van der Waals surface area contributed by atoms with Crippen molar-refractivity contribution in [3.63, 3.8) is 0 Å². The second-order valence-corrected chi connectivity index (χ2v) is 7.61. The SMILES string of the molecule is CNC[C@H]1CC[C@@]2(C(=O)OC)CCc3ccccc3[C@@]2(c2ccccc2)O1. The van der Waals surface area contributed by atoms with Gasteiger partial charge in [0.2, 0.25) is 0 Å². The number of carbonyl (C=O) groups is 1. The summed E-state index contributed by atoms with van der Waals surface area (Å²) in [5.41, 5.74) is 1.86. The van der Waals surface area contributed by atoms with E-state index in [2.05, 4.69) is 35.6 Å². The summed E-state index contributed by atoms with van der Waals surface area (Å²) in [7, 11) is 3.43. The lowest BCUT2D eigenvalue weighted by molar-refractivity contribution is -0.214. The molecule has 0 bridgehead atoms. The van der Waals surface area contributed by atoms with E-state index in [1.807, 2.05) is 31.3 Å². The monoisotopic (exact) mass is 365 g/mol. The third-order valence-corrected chi connectivity index (χ3v) is 6.32. The topological polar surface area (TPSA) is 47.6 Å². The molecule has 0 radical (unpaired) electrons. The van der Waals surface area contributed by atoms with Gasteiger partial charge in [0.25, 0.3) is 0 Å². The summed E-state index contributed by atoms with van der Waals surface area (Å²) < 4.78 is 12.3. The first kappa shape index (κ1) is 18.2. The highest BCUT2D eigenvalue weighted by atomic mass is 16.5. The fraction of sp³-hybridized carbons (Fsp3) is 0.435. The normalized spacial score (nSPS) is 29.5. The average molecular weight is 365 g/mol. The zero-order valence-electron chi connectivity index (χ0n) is 16.0. The highest BCUT2D eigenvalue weighted by Gasteiger charge is 2.64. The predicted octanol–water partition coefficient (Wildman–Crippen LogP) is 3.43. The third kappa shape index (κ3) is 2.62. The molecule has 4 nitrogen and oxygen atoms in total. The Morgan fingerprint density at radius 2 is 1.89 bits per heavy atom. The minimum Gasteiger partial charge on any atom is -0.468 e. The first-order valence-electron chi connectivity index (χ1n) is 9.73. The number of esters is 1. The summed E-state index contributed by atoms with van der Waals surface area (Å²) >= 11 is 0. The molecule has 3 atom stereocenters. The summed E-state index contributed by atoms with van der Waals surface area (Å²) in [5, 5.41) is 3.24. The molecule has 4 rings (SSSR count). The van der Waals surface area contributed by atoms with Crippen LogP contribution in [0.2, 0.25) is 0 Å². The molecule has 4 heteroatoms. The largest absolute Gasteiger partial charge is 0.468 e. The van der Waals surface area contributed by atoms with Gasteiger partial charge in [-0.3, -0.25) is 4.79 Å². The Hall–Kier alpha value is -2.17. The number of carbonyl (C=O) groups excluding carboxylic acids is 1. The Kier molecular flexibility index (Phi) is 4.79. The van der Waals surface area contributed by atoms with Crippen LogP contribution in [0.1, 0.15) is 36.0 Å². The van der Waals surface area contributed by atoms with Crippen LogP contribution in [0.15, 0.2) is 54.6 Å². The second-order valence-electron chi connectivity index (χ2n) is 7.61. The molecular formula is C23H27NO3. The number of nitrogens with one attached hydrogen (secondary N) is 1. The number of benzene rings is 2. The highest BCUT2D eigenvalue weighted by Crippen LogP contribution is 2.60. The maximum Gasteiger partial charge on any atom is 0.315 e. The van der Waals surface area contributed by atoms with Gasteiger partial charge in [-0.25, -0.2) is 0 Å². The van der Waals surface area contributed by atoms with Gasteiger partial charge in [0.1, 0.15) is 11.0 Å². The molecule has 0 unspecified atom stereocenters. The van der Waals surface area contributed by atoms with Gasteiger partial charge < -0.3 is 14.8 Å². The van der Waals surface area contributed by atoms with Crippen LogP contribution in [0.4, 0.5) is 0 Å². The number of hydrogen-bond acceptors (Lipinski definition) is 4. The van der Waals surface area contributed by atoms with Gasteiger partial charge in [0.15, 0.2) is 0 Å². The van der Waals surface area contributed by atoms with Crippen LogP contribution in [0.3, 0.4) is 0 Å². The fourth-order valence-corrected chi connectivity index (χ4v) is 5.14. The van der Waals surface area contributed by atoms with Crippen molar-refractivity contribution in [1.29, 1.82) is 0 Å². The molecule has 1 aliphatic heterocycles. The van der Waals surface area contributed by atoms with Crippen molar-refractivity contribution in [3.8, 4) is 0 Å². The van der Waals surface area contributed by atoms with Crippen LogP contribution in [0.25, 0.3) is 0 Å². The minimum atomic E-state index is -0.823. The van der Waals surface area contributed by atoms with Gasteiger partial charge in [-0.2, -0.15) is 0 Å². The lowest BCUT2D eigenvalue weighted by Crippen LogP contribution is -2.61. The lowest BCUT2D eigenvalue weighted by atomic mass is 9.55. The number of likely N-dealkylation sites (N-methyl/N-ethyl adjacent to an activating group) is 1. The zero-order chi connectivity index (χ0) is 18.9. The molecule has 0 amide bonds. The van der Waals surface area contributed by atoms with E-state index in [4.69, 9.17) is 9.47 Å². The maximum absolute atomic E-state index is 13.3. The minimum absolute atomic E-state index is 0.0409. The quantitative estimate of drug-likeness (QED) is 0.844. The van der Waals surface area contributed by atoms with Crippen LogP contribution < -0.4 is 5.32 Å². The van der Waals surface area contributed by atoms with E-state index in [1.165, 1.54) is 12.7 Å². The Labute approximate surface area is 160 Å². The van der Waals surface area contributed by atoms with Crippen molar-refractivity contribution < 1.29 is 14.3 Å². The number of hydrogen-bond donors (Lipinski definition) is 1. The van der Waals surface area contributed by atoms with Crippen LogP contribution in [-0.4, -0.2) is 32.8 Å². The molecule has 1 N–H and O–H groups in total. The first-order valence-corrected chi connectivity index (χ1v) is 9.73. The van der Waals surface area contributed by atoms with E-state index in [0.29, 0.717) is 0 Å². The third-order valence-electron chi connectivity index (χ3n) is 6.32. The zero-order valence-corrected chi connectivity index (χ0v) is 16.0. The van der Waals surface area contributed by atoms with E-state index >= 15 is 0 Å². The predicted molar refractivity (Wildman–Crippen MR) is 104 cm³/mol. The van der Waals surface area contributed by atoms with Crippen LogP contribution in [-0.2, 0) is 26.3 Å². The van der Waals surface area contributed by atoms with Crippen LogP contribution in [0, 0.1) is 5.41 Å². The van der Waals surface area contributed by atoms with Crippen molar-refractivity contribution >= 4 is 5.97 Å². The summed E-state index contributed by atoms with van der Waals surface area (Å²) in [6.07, 6.45) is 3.24. The molecule has 2 aromatic rings. The second kappa shape index (κ2) is 7.10. The summed E-state index contributed by atoms with van der Waals surface area (Å²) in [5.74, 6) is -0.163. The lowest BCUT2D eigenvalue weighted by Gasteiger charge is -2.56. The molecule has 1 heterocycles. The van der Waals surface area contributed by atoms with E-state index in [9.17, 15) is 4.79 Å². The van der Waals surface area contributed by atoms with E-state index in [0.717, 1.165) is 43.4 Å². The molecule has 1 fully saturated rings. The summed E-state index contributed by atoms with van der Waals surface area (Å²) in [4.78, 5) is 13.3. The number of ether oxygens (including phenoxy) is 2. The van der Waals surface area contributed by atoms with E-state index < -0.39 is 11.0 Å². The Morgan fingerprint density at radius 1 is 1.15 bits per heavy atom. The molecule has 142 valence electrons. The Morgan fingerprint density at radius 3 is 2.63 bits per heavy atom. The standard InChI is InChI=1S/C23H27NO3/c1-24-16-19-13-15-22(21(25)26-2)14-12-17-8-6-7-11-20(17)23(22,27-19)18-9-4-3-5-10-18/h3-11,19,24H,12-16H2,1-2H3/t19-,22-,23-/m1/s1. The molecule has 2 aromatic carbocycles. The van der Waals surface area contributed by atoms with Crippen molar-refractivity contribution in [1.82, 2.24) is 5.32 Å². The van der Waals surface area contributed by atoms with Gasteiger partial charge in [-0.15, -0.1) is 0 Å². The smallest absolute Gasteiger partial charge is 0.315 e. The van der Waals surface area contributed by atoms with Crippen molar-refractivity contribution in [3.05, 3.63) is 71.3 Å². The summed E-state index contributed by atoms with van der Waals surface area (Å²) in [6.45, 7) is 0.758. The van der Waals surface area contributed by atoms with Crippen molar-refractivity contribution in [2.75, 3.05) is 20.7 Å². The van der Waals surface area contributed by atoms with Crippen molar-refractivity contribution in [2.45, 2.75) is 37.4 Å². The molecule has 1 aliphatic carbocycles. The molecule has 0 aromatic heterocycles. The van der Waals surface area contributed by atoms with Crippen LogP contribution >= 0.6 is 0 Å². The molecular weight excluding hydrogens is 338 g/mol. The van der Waals surface area contributed by atoms with E-state index in [1.54, 1.807) is 0 Å². The average Bonchev–Trinajstić information content (AvgIpc) is 2.73. The fourth-order valence-electron chi connectivity index (χ4n) is 5.14. The molecule has 2 aliphatic rings. The van der Waals surface area contributed by atoms with Gasteiger partial charge in [0.05, 0.1) is 13.2 Å². The molecule has 27 heavy (non-hydrogen) atoms. The van der Waals surface area contributed by atoms with Crippen LogP contribution in [0.5, 0.6) is 0 Å². The van der Waals surface area contributed by atoms with Gasteiger partial charge in [-0.1, -0.05) is 54.6 Å². The highest BCUT2D eigenvalue weighted by molar-refractivity contribution is 5.81.